The van der Waals surface area contributed by atoms with Crippen LogP contribution < -0.4 is 0 Å². The van der Waals surface area contributed by atoms with Crippen molar-refractivity contribution in [2.24, 2.45) is 5.92 Å². The first kappa shape index (κ1) is 17.0. The lowest BCUT2D eigenvalue weighted by atomic mass is 9.87. The number of hydrogen-bond donors (Lipinski definition) is 0. The Morgan fingerprint density at radius 1 is 1.23 bits per heavy atom. The maximum absolute atomic E-state index is 12.4. The fourth-order valence-electron chi connectivity index (χ4n) is 3.60. The maximum atomic E-state index is 12.4. The fraction of sp³-hybridized carbons (Fsp3) is 0.350. The molecule has 26 heavy (non-hydrogen) atoms. The molecule has 1 aliphatic carbocycles. The van der Waals surface area contributed by atoms with E-state index in [1.54, 1.807) is 24.3 Å². The highest BCUT2D eigenvalue weighted by Crippen LogP contribution is 2.34. The summed E-state index contributed by atoms with van der Waals surface area (Å²) < 4.78 is 5.27. The van der Waals surface area contributed by atoms with Crippen molar-refractivity contribution in [2.45, 2.75) is 32.6 Å². The number of thiophene rings is 1. The molecule has 5 nitrogen and oxygen atoms in total. The van der Waals surface area contributed by atoms with Crippen LogP contribution in [0.15, 0.2) is 30.3 Å². The monoisotopic (exact) mass is 369 g/mol. The molecule has 4 rings (SSSR count). The van der Waals surface area contributed by atoms with Gasteiger partial charge >= 0.3 is 5.97 Å². The summed E-state index contributed by atoms with van der Waals surface area (Å²) >= 11 is 1.46. The molecular weight excluding hydrogens is 350 g/mol. The molecule has 2 aliphatic rings. The molecule has 0 radical (unpaired) electrons. The van der Waals surface area contributed by atoms with Gasteiger partial charge in [0, 0.05) is 4.88 Å². The molecular formula is C20H19NO4S. The summed E-state index contributed by atoms with van der Waals surface area (Å²) in [5.74, 6) is -0.641. The third-order valence-electron chi connectivity index (χ3n) is 5.17. The van der Waals surface area contributed by atoms with Gasteiger partial charge in [0.15, 0.2) is 6.73 Å². The summed E-state index contributed by atoms with van der Waals surface area (Å²) in [5.41, 5.74) is 1.94. The summed E-state index contributed by atoms with van der Waals surface area (Å²) in [7, 11) is 0. The predicted molar refractivity (Wildman–Crippen MR) is 97.3 cm³/mol. The van der Waals surface area contributed by atoms with Gasteiger partial charge in [-0.2, -0.15) is 0 Å². The van der Waals surface area contributed by atoms with Crippen LogP contribution >= 0.6 is 11.3 Å². The maximum Gasteiger partial charge on any atom is 0.350 e. The Morgan fingerprint density at radius 3 is 2.58 bits per heavy atom. The van der Waals surface area contributed by atoms with Crippen molar-refractivity contribution in [3.63, 3.8) is 0 Å². The summed E-state index contributed by atoms with van der Waals surface area (Å²) in [4.78, 5) is 39.8. The van der Waals surface area contributed by atoms with Crippen LogP contribution in [0, 0.1) is 5.92 Å². The standard InChI is InChI=1S/C20H19NO4S/c1-2-12-7-8-16-13(9-12)10-17(26-16)20(24)25-11-21-18(22)14-5-3-4-6-15(14)19(21)23/h3-6,10,12H,2,7-9,11H2,1H3/t12-/m1/s1. The predicted octanol–water partition coefficient (Wildman–Crippen LogP) is 3.67. The van der Waals surface area contributed by atoms with Gasteiger partial charge in [0.05, 0.1) is 11.1 Å². The summed E-state index contributed by atoms with van der Waals surface area (Å²) in [6.45, 7) is 1.84. The van der Waals surface area contributed by atoms with E-state index in [1.807, 2.05) is 6.07 Å². The lowest BCUT2D eigenvalue weighted by Crippen LogP contribution is -2.33. The third-order valence-corrected chi connectivity index (χ3v) is 6.38. The van der Waals surface area contributed by atoms with Crippen molar-refractivity contribution in [3.8, 4) is 0 Å². The number of fused-ring (bicyclic) bond motifs is 2. The second kappa shape index (κ2) is 6.68. The fourth-order valence-corrected chi connectivity index (χ4v) is 4.70. The normalized spacial score (nSPS) is 18.7. The molecule has 0 saturated heterocycles. The number of aryl methyl sites for hydroxylation is 1. The molecule has 1 aromatic carbocycles. The number of hydrogen-bond acceptors (Lipinski definition) is 5. The van der Waals surface area contributed by atoms with Gasteiger partial charge in [0.2, 0.25) is 0 Å². The van der Waals surface area contributed by atoms with E-state index < -0.39 is 17.8 Å². The van der Waals surface area contributed by atoms with E-state index in [9.17, 15) is 14.4 Å². The lowest BCUT2D eigenvalue weighted by Gasteiger charge is -2.19. The molecule has 0 bridgehead atoms. The number of carbonyl (C=O) groups is 3. The minimum Gasteiger partial charge on any atom is -0.439 e. The van der Waals surface area contributed by atoms with Crippen molar-refractivity contribution in [1.82, 2.24) is 4.90 Å². The van der Waals surface area contributed by atoms with Crippen molar-refractivity contribution in [3.05, 3.63) is 56.8 Å². The molecule has 0 unspecified atom stereocenters. The molecule has 0 spiro atoms. The van der Waals surface area contributed by atoms with Gasteiger partial charge in [0.1, 0.15) is 4.88 Å². The molecule has 2 heterocycles. The average molecular weight is 369 g/mol. The second-order valence-electron chi connectivity index (χ2n) is 6.72. The quantitative estimate of drug-likeness (QED) is 0.609. The second-order valence-corrected chi connectivity index (χ2v) is 7.86. The Balaban J connectivity index is 1.43. The van der Waals surface area contributed by atoms with E-state index in [2.05, 4.69) is 6.92 Å². The van der Waals surface area contributed by atoms with Crippen molar-refractivity contribution >= 4 is 29.1 Å². The van der Waals surface area contributed by atoms with E-state index in [4.69, 9.17) is 4.74 Å². The molecule has 1 aromatic heterocycles. The minimum atomic E-state index is -0.478. The highest BCUT2D eigenvalue weighted by atomic mass is 32.1. The van der Waals surface area contributed by atoms with E-state index >= 15 is 0 Å². The number of nitrogens with zero attached hydrogens (tertiary/aromatic N) is 1. The van der Waals surface area contributed by atoms with E-state index in [1.165, 1.54) is 21.8 Å². The molecule has 1 atom stereocenters. The Hall–Kier alpha value is -2.47. The van der Waals surface area contributed by atoms with E-state index in [0.717, 1.165) is 30.6 Å². The molecule has 0 saturated carbocycles. The highest BCUT2D eigenvalue weighted by molar-refractivity contribution is 7.14. The molecule has 134 valence electrons. The van der Waals surface area contributed by atoms with Crippen LogP contribution in [-0.4, -0.2) is 29.4 Å². The van der Waals surface area contributed by atoms with Crippen LogP contribution in [-0.2, 0) is 17.6 Å². The number of amides is 2. The minimum absolute atomic E-state index is 0.353. The number of rotatable bonds is 4. The average Bonchev–Trinajstić information content (AvgIpc) is 3.20. The summed E-state index contributed by atoms with van der Waals surface area (Å²) in [6, 6.07) is 8.54. The van der Waals surface area contributed by atoms with Crippen LogP contribution in [0.1, 0.15) is 60.6 Å². The highest BCUT2D eigenvalue weighted by Gasteiger charge is 2.36. The van der Waals surface area contributed by atoms with E-state index in [-0.39, 0.29) is 6.73 Å². The molecule has 2 aromatic rings. The first-order valence-corrected chi connectivity index (χ1v) is 9.64. The topological polar surface area (TPSA) is 63.7 Å². The van der Waals surface area contributed by atoms with E-state index in [0.29, 0.717) is 21.9 Å². The Bertz CT molecular complexity index is 866. The van der Waals surface area contributed by atoms with Crippen LogP contribution in [0.5, 0.6) is 0 Å². The number of benzene rings is 1. The molecule has 1 aliphatic heterocycles. The van der Waals surface area contributed by atoms with Gasteiger partial charge in [-0.1, -0.05) is 25.5 Å². The molecule has 0 fully saturated rings. The first-order valence-electron chi connectivity index (χ1n) is 8.82. The number of carbonyl (C=O) groups excluding carboxylic acids is 3. The van der Waals surface area contributed by atoms with Crippen LogP contribution in [0.4, 0.5) is 0 Å². The van der Waals surface area contributed by atoms with Gasteiger partial charge in [0.25, 0.3) is 11.8 Å². The first-order chi connectivity index (χ1) is 12.6. The zero-order chi connectivity index (χ0) is 18.3. The number of esters is 1. The Labute approximate surface area is 155 Å². The summed E-state index contributed by atoms with van der Waals surface area (Å²) in [6.07, 6.45) is 4.32. The van der Waals surface area contributed by atoms with Crippen LogP contribution in [0.2, 0.25) is 0 Å². The lowest BCUT2D eigenvalue weighted by molar-refractivity contribution is 0.0232. The van der Waals surface area contributed by atoms with Gasteiger partial charge in [-0.25, -0.2) is 9.69 Å². The molecule has 0 N–H and O–H groups in total. The van der Waals surface area contributed by atoms with Crippen LogP contribution in [0.3, 0.4) is 0 Å². The van der Waals surface area contributed by atoms with Gasteiger partial charge < -0.3 is 4.74 Å². The summed E-state index contributed by atoms with van der Waals surface area (Å²) in [5, 5.41) is 0. The molecule has 2 amide bonds. The van der Waals surface area contributed by atoms with Crippen molar-refractivity contribution in [1.29, 1.82) is 0 Å². The van der Waals surface area contributed by atoms with Crippen molar-refractivity contribution in [2.75, 3.05) is 6.73 Å². The van der Waals surface area contributed by atoms with Crippen molar-refractivity contribution < 1.29 is 19.1 Å². The Kier molecular flexibility index (Phi) is 4.36. The number of imide groups is 1. The zero-order valence-corrected chi connectivity index (χ0v) is 15.3. The van der Waals surface area contributed by atoms with Gasteiger partial charge in [-0.15, -0.1) is 11.3 Å². The SMILES string of the molecule is CC[C@@H]1CCc2sc(C(=O)OCN3C(=O)c4ccccc4C3=O)cc2C1. The van der Waals surface area contributed by atoms with Gasteiger partial charge in [-0.05, 0) is 48.9 Å². The van der Waals surface area contributed by atoms with Gasteiger partial charge in [-0.3, -0.25) is 9.59 Å². The number of ether oxygens (including phenoxy) is 1. The smallest absolute Gasteiger partial charge is 0.350 e. The largest absolute Gasteiger partial charge is 0.439 e. The Morgan fingerprint density at radius 2 is 1.92 bits per heavy atom. The third kappa shape index (κ3) is 2.84. The zero-order valence-electron chi connectivity index (χ0n) is 14.5. The molecule has 6 heteroatoms. The van der Waals surface area contributed by atoms with Crippen LogP contribution in [0.25, 0.3) is 0 Å².